The number of thioether (sulfide) groups is 1. The molecule has 3 nitrogen and oxygen atoms in total. The van der Waals surface area contributed by atoms with Crippen molar-refractivity contribution >= 4 is 29.3 Å². The maximum absolute atomic E-state index is 11.4. The molecular formula is C12H9ClO3S. The second-order valence-electron chi connectivity index (χ2n) is 3.79. The van der Waals surface area contributed by atoms with E-state index < -0.39 is 0 Å². The van der Waals surface area contributed by atoms with Gasteiger partial charge in [0.25, 0.3) is 0 Å². The van der Waals surface area contributed by atoms with Crippen LogP contribution < -0.4 is 0 Å². The molecule has 2 heterocycles. The zero-order valence-corrected chi connectivity index (χ0v) is 10.4. The maximum Gasteiger partial charge on any atom is 0.374 e. The Labute approximate surface area is 108 Å². The molecule has 0 N–H and O–H groups in total. The third kappa shape index (κ3) is 1.91. The highest BCUT2D eigenvalue weighted by molar-refractivity contribution is 7.99. The fourth-order valence-corrected chi connectivity index (χ4v) is 3.22. The molecule has 0 bridgehead atoms. The van der Waals surface area contributed by atoms with Crippen LogP contribution >= 0.6 is 23.4 Å². The van der Waals surface area contributed by atoms with Crippen LogP contribution in [0.15, 0.2) is 35.6 Å². The van der Waals surface area contributed by atoms with Gasteiger partial charge in [0.1, 0.15) is 6.61 Å². The summed E-state index contributed by atoms with van der Waals surface area (Å²) < 4.78 is 10.6. The molecule has 0 saturated carbocycles. The Morgan fingerprint density at radius 2 is 2.18 bits per heavy atom. The minimum atomic E-state index is -0.364. The molecule has 88 valence electrons. The van der Waals surface area contributed by atoms with E-state index in [2.05, 4.69) is 0 Å². The van der Waals surface area contributed by atoms with Crippen LogP contribution in [0.25, 0.3) is 0 Å². The van der Waals surface area contributed by atoms with Gasteiger partial charge in [0, 0.05) is 21.9 Å². The second kappa shape index (κ2) is 4.27. The zero-order valence-electron chi connectivity index (χ0n) is 8.81. The number of cyclic esters (lactones) is 1. The van der Waals surface area contributed by atoms with Crippen LogP contribution in [0.2, 0.25) is 5.02 Å². The highest BCUT2D eigenvalue weighted by Gasteiger charge is 2.34. The summed E-state index contributed by atoms with van der Waals surface area (Å²) in [6.45, 7) is 0.358. The summed E-state index contributed by atoms with van der Waals surface area (Å²) in [6.07, 6.45) is 0. The van der Waals surface area contributed by atoms with E-state index in [0.29, 0.717) is 17.4 Å². The van der Waals surface area contributed by atoms with Crippen LogP contribution in [-0.4, -0.2) is 18.3 Å². The number of halogens is 1. The van der Waals surface area contributed by atoms with Gasteiger partial charge in [0.05, 0.1) is 0 Å². The van der Waals surface area contributed by atoms with Crippen molar-refractivity contribution in [1.29, 1.82) is 0 Å². The molecule has 0 amide bonds. The molecule has 1 unspecified atom stereocenters. The second-order valence-corrected chi connectivity index (χ2v) is 5.25. The summed E-state index contributed by atoms with van der Waals surface area (Å²) in [4.78, 5) is 11.4. The van der Waals surface area contributed by atoms with E-state index in [1.54, 1.807) is 11.8 Å². The van der Waals surface area contributed by atoms with Gasteiger partial charge in [0.2, 0.25) is 5.76 Å². The summed E-state index contributed by atoms with van der Waals surface area (Å²) in [6, 6.07) is 7.50. The largest absolute Gasteiger partial charge is 0.467 e. The molecule has 0 fully saturated rings. The third-order valence-corrected chi connectivity index (χ3v) is 4.19. The number of esters is 1. The Hall–Kier alpha value is -1.13. The van der Waals surface area contributed by atoms with Crippen LogP contribution in [0.5, 0.6) is 0 Å². The van der Waals surface area contributed by atoms with Crippen molar-refractivity contribution in [3.8, 4) is 0 Å². The minimum absolute atomic E-state index is 0.229. The lowest BCUT2D eigenvalue weighted by Crippen LogP contribution is -2.12. The van der Waals surface area contributed by atoms with Gasteiger partial charge in [0.15, 0.2) is 5.44 Å². The predicted octanol–water partition coefficient (Wildman–Crippen LogP) is 2.91. The molecule has 0 radical (unpaired) electrons. The van der Waals surface area contributed by atoms with Crippen LogP contribution in [0, 0.1) is 0 Å². The van der Waals surface area contributed by atoms with Gasteiger partial charge < -0.3 is 9.47 Å². The molecule has 0 saturated heterocycles. The Kier molecular flexibility index (Phi) is 2.76. The van der Waals surface area contributed by atoms with Crippen LogP contribution in [0.3, 0.4) is 0 Å². The van der Waals surface area contributed by atoms with Crippen molar-refractivity contribution in [3.63, 3.8) is 0 Å². The van der Waals surface area contributed by atoms with Gasteiger partial charge in [-0.15, -0.1) is 11.8 Å². The quantitative estimate of drug-likeness (QED) is 0.734. The molecule has 0 aliphatic carbocycles. The Morgan fingerprint density at radius 3 is 3.00 bits per heavy atom. The Morgan fingerprint density at radius 1 is 1.35 bits per heavy atom. The van der Waals surface area contributed by atoms with Crippen molar-refractivity contribution in [2.45, 2.75) is 5.44 Å². The Balaban J connectivity index is 1.89. The molecule has 1 aromatic rings. The van der Waals surface area contributed by atoms with E-state index in [1.807, 2.05) is 24.3 Å². The molecule has 2 aliphatic rings. The van der Waals surface area contributed by atoms with E-state index in [1.165, 1.54) is 0 Å². The van der Waals surface area contributed by atoms with Crippen molar-refractivity contribution in [2.75, 3.05) is 12.4 Å². The molecular weight excluding hydrogens is 260 g/mol. The van der Waals surface area contributed by atoms with Gasteiger partial charge in [-0.05, 0) is 6.07 Å². The van der Waals surface area contributed by atoms with E-state index in [9.17, 15) is 4.79 Å². The fourth-order valence-electron chi connectivity index (χ4n) is 1.80. The lowest BCUT2D eigenvalue weighted by molar-refractivity contribution is -0.139. The first-order valence-corrected chi connectivity index (χ1v) is 6.60. The van der Waals surface area contributed by atoms with Gasteiger partial charge in [-0.3, -0.25) is 0 Å². The summed E-state index contributed by atoms with van der Waals surface area (Å²) in [7, 11) is 0. The van der Waals surface area contributed by atoms with Crippen LogP contribution in [0.4, 0.5) is 0 Å². The average Bonchev–Trinajstić information content (AvgIpc) is 2.71. The number of rotatable bonds is 1. The zero-order chi connectivity index (χ0) is 11.8. The standard InChI is InChI=1S/C12H9ClO3S/c13-9-4-2-1-3-8(9)12-16-10-7(6-17-12)5-15-11(10)14/h1-4,12H,5-6H2. The highest BCUT2D eigenvalue weighted by Crippen LogP contribution is 2.42. The molecule has 5 heteroatoms. The fraction of sp³-hybridized carbons (Fsp3) is 0.250. The van der Waals surface area contributed by atoms with E-state index >= 15 is 0 Å². The number of ether oxygens (including phenoxy) is 2. The normalized spacial score (nSPS) is 23.1. The summed E-state index contributed by atoms with van der Waals surface area (Å²) in [5.41, 5.74) is 1.60. The third-order valence-electron chi connectivity index (χ3n) is 2.68. The first-order chi connectivity index (χ1) is 8.25. The van der Waals surface area contributed by atoms with Crippen molar-refractivity contribution < 1.29 is 14.3 Å². The SMILES string of the molecule is O=C1OCC2=C1OC(c1ccccc1Cl)SC2. The van der Waals surface area contributed by atoms with Crippen molar-refractivity contribution in [3.05, 3.63) is 46.2 Å². The number of hydrogen-bond donors (Lipinski definition) is 0. The molecule has 3 rings (SSSR count). The topological polar surface area (TPSA) is 35.5 Å². The van der Waals surface area contributed by atoms with Gasteiger partial charge >= 0.3 is 5.97 Å². The van der Waals surface area contributed by atoms with Gasteiger partial charge in [-0.25, -0.2) is 4.79 Å². The molecule has 0 aromatic heterocycles. The van der Waals surface area contributed by atoms with Crippen molar-refractivity contribution in [2.24, 2.45) is 0 Å². The van der Waals surface area contributed by atoms with Gasteiger partial charge in [-0.2, -0.15) is 0 Å². The first-order valence-electron chi connectivity index (χ1n) is 5.17. The van der Waals surface area contributed by atoms with Gasteiger partial charge in [-0.1, -0.05) is 29.8 Å². The van der Waals surface area contributed by atoms with E-state index in [0.717, 1.165) is 16.9 Å². The van der Waals surface area contributed by atoms with Crippen LogP contribution in [0.1, 0.15) is 11.0 Å². The van der Waals surface area contributed by atoms with E-state index in [4.69, 9.17) is 21.1 Å². The number of hydrogen-bond acceptors (Lipinski definition) is 4. The lowest BCUT2D eigenvalue weighted by atomic mass is 10.2. The molecule has 0 spiro atoms. The van der Waals surface area contributed by atoms with Crippen molar-refractivity contribution in [1.82, 2.24) is 0 Å². The summed E-state index contributed by atoms with van der Waals surface area (Å²) >= 11 is 7.72. The first kappa shape index (κ1) is 11.0. The molecule has 1 aromatic carbocycles. The molecule has 1 atom stereocenters. The molecule has 17 heavy (non-hydrogen) atoms. The molecule has 2 aliphatic heterocycles. The maximum atomic E-state index is 11.4. The number of carbonyl (C=O) groups excluding carboxylic acids is 1. The smallest absolute Gasteiger partial charge is 0.374 e. The van der Waals surface area contributed by atoms with E-state index in [-0.39, 0.29) is 11.4 Å². The minimum Gasteiger partial charge on any atom is -0.467 e. The highest BCUT2D eigenvalue weighted by atomic mass is 35.5. The summed E-state index contributed by atoms with van der Waals surface area (Å²) in [5.74, 6) is 0.753. The van der Waals surface area contributed by atoms with Crippen LogP contribution in [-0.2, 0) is 14.3 Å². The summed E-state index contributed by atoms with van der Waals surface area (Å²) in [5, 5.41) is 0.653. The monoisotopic (exact) mass is 268 g/mol. The average molecular weight is 269 g/mol. The number of carbonyl (C=O) groups is 1. The Bertz CT molecular complexity index is 512. The lowest BCUT2D eigenvalue weighted by Gasteiger charge is -2.23. The number of benzene rings is 1. The predicted molar refractivity (Wildman–Crippen MR) is 65.7 cm³/mol.